The minimum Gasteiger partial charge on any atom is -0.0880 e. The third-order valence-electron chi connectivity index (χ3n) is 6.68. The number of rotatable bonds is 5. The highest BCUT2D eigenvalue weighted by atomic mass is 14.4. The van der Waals surface area contributed by atoms with Crippen LogP contribution in [0.2, 0.25) is 0 Å². The first-order valence-corrected chi connectivity index (χ1v) is 9.64. The lowest BCUT2D eigenvalue weighted by molar-refractivity contribution is 0.168. The lowest BCUT2D eigenvalue weighted by Gasteiger charge is -2.37. The van der Waals surface area contributed by atoms with Gasteiger partial charge < -0.3 is 0 Å². The van der Waals surface area contributed by atoms with Crippen LogP contribution in [0.15, 0.2) is 12.2 Å². The largest absolute Gasteiger partial charge is 0.0880 e. The summed E-state index contributed by atoms with van der Waals surface area (Å²) >= 11 is 0. The van der Waals surface area contributed by atoms with Crippen LogP contribution in [0.5, 0.6) is 0 Å². The van der Waals surface area contributed by atoms with Crippen molar-refractivity contribution in [3.8, 4) is 0 Å². The second-order valence-electron chi connectivity index (χ2n) is 8.81. The Labute approximate surface area is 133 Å². The number of hydrogen-bond donors (Lipinski definition) is 0. The van der Waals surface area contributed by atoms with Crippen LogP contribution < -0.4 is 0 Å². The fourth-order valence-corrected chi connectivity index (χ4v) is 4.50. The lowest BCUT2D eigenvalue weighted by atomic mass is 9.68. The molecule has 3 atom stereocenters. The second-order valence-corrected chi connectivity index (χ2v) is 8.81. The predicted octanol–water partition coefficient (Wildman–Crippen LogP) is 6.71. The molecule has 2 rings (SSSR count). The van der Waals surface area contributed by atoms with Gasteiger partial charge >= 0.3 is 0 Å². The molecule has 0 N–H and O–H groups in total. The van der Waals surface area contributed by atoms with Crippen LogP contribution in [-0.2, 0) is 0 Å². The van der Waals surface area contributed by atoms with Gasteiger partial charge in [-0.1, -0.05) is 59.6 Å². The maximum absolute atomic E-state index is 2.57. The van der Waals surface area contributed by atoms with Gasteiger partial charge in [-0.2, -0.15) is 0 Å². The summed E-state index contributed by atoms with van der Waals surface area (Å²) in [5, 5.41) is 0. The molecule has 0 aromatic rings. The molecule has 3 unspecified atom stereocenters. The molecule has 2 aliphatic carbocycles. The molecule has 21 heavy (non-hydrogen) atoms. The van der Waals surface area contributed by atoms with Crippen molar-refractivity contribution < 1.29 is 0 Å². The van der Waals surface area contributed by atoms with Crippen LogP contribution in [0.3, 0.4) is 0 Å². The van der Waals surface area contributed by atoms with E-state index in [1.54, 1.807) is 0 Å². The van der Waals surface area contributed by atoms with Crippen molar-refractivity contribution in [2.75, 3.05) is 0 Å². The Morgan fingerprint density at radius 3 is 2.19 bits per heavy atom. The molecule has 0 bridgehead atoms. The van der Waals surface area contributed by atoms with Crippen molar-refractivity contribution in [1.29, 1.82) is 0 Å². The topological polar surface area (TPSA) is 0 Å². The van der Waals surface area contributed by atoms with Crippen LogP contribution >= 0.6 is 0 Å². The van der Waals surface area contributed by atoms with Crippen LogP contribution in [0, 0.1) is 41.4 Å². The van der Waals surface area contributed by atoms with Crippen molar-refractivity contribution in [2.45, 2.75) is 79.6 Å². The fraction of sp³-hybridized carbons (Fsp3) is 0.905. The van der Waals surface area contributed by atoms with Gasteiger partial charge in [-0.25, -0.2) is 0 Å². The van der Waals surface area contributed by atoms with Crippen LogP contribution in [0.25, 0.3) is 0 Å². The quantitative estimate of drug-likeness (QED) is 0.493. The lowest BCUT2D eigenvalue weighted by Crippen LogP contribution is -2.26. The molecule has 0 heterocycles. The maximum atomic E-state index is 2.57. The van der Waals surface area contributed by atoms with E-state index in [0.29, 0.717) is 0 Å². The normalized spacial score (nSPS) is 35.4. The predicted molar refractivity (Wildman–Crippen MR) is 94.3 cm³/mol. The summed E-state index contributed by atoms with van der Waals surface area (Å²) in [6.45, 7) is 12.0. The monoisotopic (exact) mass is 290 g/mol. The average molecular weight is 291 g/mol. The minimum absolute atomic E-state index is 0.857. The highest BCUT2D eigenvalue weighted by molar-refractivity contribution is 5.00. The summed E-state index contributed by atoms with van der Waals surface area (Å²) in [6.07, 6.45) is 15.3. The molecule has 1 fully saturated rings. The average Bonchev–Trinajstić information content (AvgIpc) is 2.48. The SMILES string of the molecule is CC(C)C(C)CC1CCC(C2C=CCC(C(C)C)C2)CC1. The van der Waals surface area contributed by atoms with Gasteiger partial charge in [-0.15, -0.1) is 0 Å². The van der Waals surface area contributed by atoms with Gasteiger partial charge in [0, 0.05) is 0 Å². The van der Waals surface area contributed by atoms with Crippen LogP contribution in [0.4, 0.5) is 0 Å². The molecule has 2 aliphatic rings. The van der Waals surface area contributed by atoms with Crippen molar-refractivity contribution >= 4 is 0 Å². The molecule has 0 radical (unpaired) electrons. The Hall–Kier alpha value is -0.260. The van der Waals surface area contributed by atoms with Crippen molar-refractivity contribution in [3.05, 3.63) is 12.2 Å². The van der Waals surface area contributed by atoms with E-state index in [0.717, 1.165) is 41.4 Å². The number of allylic oxidation sites excluding steroid dienone is 2. The summed E-state index contributed by atoms with van der Waals surface area (Å²) in [5.41, 5.74) is 0. The summed E-state index contributed by atoms with van der Waals surface area (Å²) in [7, 11) is 0. The Kier molecular flexibility index (Phi) is 6.38. The zero-order valence-electron chi connectivity index (χ0n) is 15.1. The molecule has 0 amide bonds. The van der Waals surface area contributed by atoms with E-state index in [1.807, 2.05) is 0 Å². The molecule has 0 saturated heterocycles. The molecular formula is C21H38. The Morgan fingerprint density at radius 2 is 1.62 bits per heavy atom. The van der Waals surface area contributed by atoms with Gasteiger partial charge in [0.05, 0.1) is 0 Å². The van der Waals surface area contributed by atoms with Gasteiger partial charge in [-0.3, -0.25) is 0 Å². The summed E-state index contributed by atoms with van der Waals surface area (Å²) in [5.74, 6) is 6.48. The minimum atomic E-state index is 0.857. The van der Waals surface area contributed by atoms with Crippen molar-refractivity contribution in [1.82, 2.24) is 0 Å². The second kappa shape index (κ2) is 7.84. The first-order valence-electron chi connectivity index (χ1n) is 9.64. The van der Waals surface area contributed by atoms with Crippen molar-refractivity contribution in [3.63, 3.8) is 0 Å². The Balaban J connectivity index is 1.78. The zero-order chi connectivity index (χ0) is 15.4. The van der Waals surface area contributed by atoms with Gasteiger partial charge in [-0.05, 0) is 73.5 Å². The third-order valence-corrected chi connectivity index (χ3v) is 6.68. The molecule has 0 aliphatic heterocycles. The molecule has 0 aromatic heterocycles. The third kappa shape index (κ3) is 4.86. The highest BCUT2D eigenvalue weighted by Gasteiger charge is 2.30. The van der Waals surface area contributed by atoms with Gasteiger partial charge in [0.15, 0.2) is 0 Å². The van der Waals surface area contributed by atoms with Crippen molar-refractivity contribution in [2.24, 2.45) is 41.4 Å². The van der Waals surface area contributed by atoms with Crippen LogP contribution in [-0.4, -0.2) is 0 Å². The van der Waals surface area contributed by atoms with E-state index in [9.17, 15) is 0 Å². The van der Waals surface area contributed by atoms with E-state index in [-0.39, 0.29) is 0 Å². The van der Waals surface area contributed by atoms with E-state index in [4.69, 9.17) is 0 Å². The fourth-order valence-electron chi connectivity index (χ4n) is 4.50. The van der Waals surface area contributed by atoms with E-state index in [2.05, 4.69) is 46.8 Å². The van der Waals surface area contributed by atoms with Gasteiger partial charge in [0.2, 0.25) is 0 Å². The number of hydrogen-bond acceptors (Lipinski definition) is 0. The van der Waals surface area contributed by atoms with E-state index in [1.165, 1.54) is 44.9 Å². The zero-order valence-corrected chi connectivity index (χ0v) is 15.1. The van der Waals surface area contributed by atoms with E-state index >= 15 is 0 Å². The molecule has 0 spiro atoms. The smallest absolute Gasteiger partial charge is 0.0202 e. The molecule has 1 saturated carbocycles. The highest BCUT2D eigenvalue weighted by Crippen LogP contribution is 2.42. The Bertz CT molecular complexity index is 317. The molecule has 0 nitrogen and oxygen atoms in total. The standard InChI is InChI=1S/C21H38/c1-15(2)17(5)13-18-9-11-19(12-10-18)21-8-6-7-20(14-21)16(3)4/h6,8,15-21H,7,9-14H2,1-5H3. The summed E-state index contributed by atoms with van der Waals surface area (Å²) in [6, 6.07) is 0. The molecule has 0 heteroatoms. The van der Waals surface area contributed by atoms with Crippen LogP contribution in [0.1, 0.15) is 79.6 Å². The molecule has 122 valence electrons. The maximum Gasteiger partial charge on any atom is -0.0202 e. The molecular weight excluding hydrogens is 252 g/mol. The summed E-state index contributed by atoms with van der Waals surface area (Å²) in [4.78, 5) is 0. The molecule has 0 aromatic carbocycles. The van der Waals surface area contributed by atoms with Gasteiger partial charge in [0.25, 0.3) is 0 Å². The first kappa shape index (κ1) is 17.1. The first-order chi connectivity index (χ1) is 9.97. The van der Waals surface area contributed by atoms with E-state index < -0.39 is 0 Å². The Morgan fingerprint density at radius 1 is 0.952 bits per heavy atom. The van der Waals surface area contributed by atoms with Gasteiger partial charge in [0.1, 0.15) is 0 Å². The summed E-state index contributed by atoms with van der Waals surface area (Å²) < 4.78 is 0.